The number of halogens is 2. The molecule has 0 bridgehead atoms. The third-order valence-electron chi connectivity index (χ3n) is 2.21. The van der Waals surface area contributed by atoms with Crippen LogP contribution in [-0.4, -0.2) is 11.3 Å². The molecule has 0 unspecified atom stereocenters. The van der Waals surface area contributed by atoms with Crippen molar-refractivity contribution in [3.63, 3.8) is 0 Å². The number of nitrogens with one attached hydrogen (secondary N) is 1. The number of fused-ring (bicyclic) bond motifs is 1. The van der Waals surface area contributed by atoms with E-state index in [0.717, 1.165) is 17.5 Å². The molecule has 1 heterocycles. The van der Waals surface area contributed by atoms with Gasteiger partial charge in [0.2, 0.25) is 0 Å². The molecule has 0 aliphatic heterocycles. The Kier molecular flexibility index (Phi) is 2.25. The third-order valence-corrected chi connectivity index (χ3v) is 2.84. The van der Waals surface area contributed by atoms with Crippen LogP contribution >= 0.6 is 23.2 Å². The summed E-state index contributed by atoms with van der Waals surface area (Å²) in [7, 11) is 0. The second-order valence-corrected chi connectivity index (χ2v) is 3.88. The first-order chi connectivity index (χ1) is 6.65. The molecule has 1 N–H and O–H groups in total. The van der Waals surface area contributed by atoms with Crippen molar-refractivity contribution >= 4 is 40.4 Å². The number of H-pyrrole nitrogens is 1. The van der Waals surface area contributed by atoms with Crippen LogP contribution < -0.4 is 0 Å². The van der Waals surface area contributed by atoms with Crippen LogP contribution in [0.15, 0.2) is 12.1 Å². The van der Waals surface area contributed by atoms with E-state index in [4.69, 9.17) is 23.2 Å². The van der Waals surface area contributed by atoms with E-state index in [0.29, 0.717) is 21.0 Å². The van der Waals surface area contributed by atoms with Gasteiger partial charge in [0, 0.05) is 16.6 Å². The van der Waals surface area contributed by atoms with Crippen LogP contribution in [0.5, 0.6) is 0 Å². The topological polar surface area (TPSA) is 32.9 Å². The number of aromatic nitrogens is 1. The first-order valence-corrected chi connectivity index (χ1v) is 4.82. The zero-order chi connectivity index (χ0) is 10.3. The van der Waals surface area contributed by atoms with Gasteiger partial charge in [0.25, 0.3) is 0 Å². The maximum atomic E-state index is 10.8. The van der Waals surface area contributed by atoms with Gasteiger partial charge in [0.1, 0.15) is 0 Å². The quantitative estimate of drug-likeness (QED) is 0.743. The Morgan fingerprint density at radius 2 is 1.93 bits per heavy atom. The van der Waals surface area contributed by atoms with Crippen LogP contribution in [-0.2, 0) is 0 Å². The number of hydrogen-bond acceptors (Lipinski definition) is 1. The van der Waals surface area contributed by atoms with Crippen LogP contribution in [0.4, 0.5) is 0 Å². The highest BCUT2D eigenvalue weighted by molar-refractivity contribution is 6.40. The summed E-state index contributed by atoms with van der Waals surface area (Å²) < 4.78 is 0. The third kappa shape index (κ3) is 1.22. The summed E-state index contributed by atoms with van der Waals surface area (Å²) in [5, 5.41) is 1.81. The Hall–Kier alpha value is -0.990. The summed E-state index contributed by atoms with van der Waals surface area (Å²) in [5.74, 6) is 0. The normalized spacial score (nSPS) is 10.8. The van der Waals surface area contributed by atoms with Gasteiger partial charge in [0.05, 0.1) is 15.6 Å². The lowest BCUT2D eigenvalue weighted by Crippen LogP contribution is -1.80. The van der Waals surface area contributed by atoms with Crippen molar-refractivity contribution in [1.82, 2.24) is 4.98 Å². The van der Waals surface area contributed by atoms with Gasteiger partial charge < -0.3 is 4.98 Å². The zero-order valence-corrected chi connectivity index (χ0v) is 8.91. The van der Waals surface area contributed by atoms with Crippen molar-refractivity contribution < 1.29 is 4.79 Å². The largest absolute Gasteiger partial charge is 0.357 e. The van der Waals surface area contributed by atoms with E-state index in [9.17, 15) is 4.79 Å². The summed E-state index contributed by atoms with van der Waals surface area (Å²) in [5.41, 5.74) is 2.08. The van der Waals surface area contributed by atoms with Crippen LogP contribution in [0.3, 0.4) is 0 Å². The first kappa shape index (κ1) is 9.56. The molecule has 4 heteroatoms. The number of hydrogen-bond donors (Lipinski definition) is 1. The summed E-state index contributed by atoms with van der Waals surface area (Å²) in [6.07, 6.45) is 0.788. The Labute approximate surface area is 90.8 Å². The van der Waals surface area contributed by atoms with Crippen molar-refractivity contribution in [3.8, 4) is 0 Å². The number of aromatic amines is 1. The predicted molar refractivity (Wildman–Crippen MR) is 58.4 cm³/mol. The molecule has 0 spiro atoms. The van der Waals surface area contributed by atoms with Gasteiger partial charge in [-0.25, -0.2) is 0 Å². The lowest BCUT2D eigenvalue weighted by molar-refractivity contribution is 0.112. The van der Waals surface area contributed by atoms with Gasteiger partial charge in [-0.15, -0.1) is 0 Å². The Morgan fingerprint density at radius 3 is 2.57 bits per heavy atom. The SMILES string of the molecule is Cc1[nH]c2c(Cl)ccc(Cl)c2c1C=O. The molecular formula is C10H7Cl2NO. The minimum Gasteiger partial charge on any atom is -0.357 e. The van der Waals surface area contributed by atoms with Gasteiger partial charge in [-0.05, 0) is 19.1 Å². The van der Waals surface area contributed by atoms with E-state index in [1.807, 2.05) is 6.92 Å². The highest BCUT2D eigenvalue weighted by atomic mass is 35.5. The summed E-state index contributed by atoms with van der Waals surface area (Å²) >= 11 is 12.0. The van der Waals surface area contributed by atoms with Crippen molar-refractivity contribution in [2.45, 2.75) is 6.92 Å². The van der Waals surface area contributed by atoms with Crippen LogP contribution in [0.2, 0.25) is 10.0 Å². The predicted octanol–water partition coefficient (Wildman–Crippen LogP) is 3.60. The molecule has 1 aromatic heterocycles. The summed E-state index contributed by atoms with van der Waals surface area (Å²) in [4.78, 5) is 13.9. The Balaban J connectivity index is 3.00. The average Bonchev–Trinajstić information content (AvgIpc) is 2.50. The fourth-order valence-electron chi connectivity index (χ4n) is 1.53. The summed E-state index contributed by atoms with van der Waals surface area (Å²) in [6.45, 7) is 1.82. The molecule has 2 aromatic rings. The minimum absolute atomic E-state index is 0.538. The highest BCUT2D eigenvalue weighted by Crippen LogP contribution is 2.32. The van der Waals surface area contributed by atoms with E-state index in [1.54, 1.807) is 12.1 Å². The minimum atomic E-state index is 0.538. The molecule has 2 nitrogen and oxygen atoms in total. The van der Waals surface area contributed by atoms with Gasteiger partial charge in [-0.2, -0.15) is 0 Å². The number of aldehydes is 1. The van der Waals surface area contributed by atoms with Crippen molar-refractivity contribution in [3.05, 3.63) is 33.4 Å². The Morgan fingerprint density at radius 1 is 1.29 bits per heavy atom. The maximum Gasteiger partial charge on any atom is 0.152 e. The Bertz CT molecular complexity index is 516. The molecule has 0 saturated heterocycles. The number of carbonyl (C=O) groups is 1. The standard InChI is InChI=1S/C10H7Cl2NO/c1-5-6(4-14)9-7(11)2-3-8(12)10(9)13-5/h2-4,13H,1H3. The number of benzene rings is 1. The van der Waals surface area contributed by atoms with Crippen LogP contribution in [0, 0.1) is 6.92 Å². The molecule has 0 amide bonds. The van der Waals surface area contributed by atoms with Gasteiger partial charge >= 0.3 is 0 Å². The van der Waals surface area contributed by atoms with E-state index >= 15 is 0 Å². The summed E-state index contributed by atoms with van der Waals surface area (Å²) in [6, 6.07) is 3.39. The lowest BCUT2D eigenvalue weighted by atomic mass is 10.1. The van der Waals surface area contributed by atoms with E-state index in [2.05, 4.69) is 4.98 Å². The number of carbonyl (C=O) groups excluding carboxylic acids is 1. The van der Waals surface area contributed by atoms with Crippen molar-refractivity contribution in [1.29, 1.82) is 0 Å². The maximum absolute atomic E-state index is 10.8. The lowest BCUT2D eigenvalue weighted by Gasteiger charge is -1.96. The molecule has 1 aromatic carbocycles. The molecular weight excluding hydrogens is 221 g/mol. The molecule has 0 radical (unpaired) electrons. The number of aryl methyl sites for hydroxylation is 1. The average molecular weight is 228 g/mol. The zero-order valence-electron chi connectivity index (χ0n) is 7.40. The molecule has 0 aliphatic rings. The second-order valence-electron chi connectivity index (χ2n) is 3.06. The fourth-order valence-corrected chi connectivity index (χ4v) is 1.99. The molecule has 2 rings (SSSR count). The molecule has 0 saturated carbocycles. The van der Waals surface area contributed by atoms with Crippen LogP contribution in [0.1, 0.15) is 16.1 Å². The second kappa shape index (κ2) is 3.30. The molecule has 0 fully saturated rings. The van der Waals surface area contributed by atoms with Crippen molar-refractivity contribution in [2.75, 3.05) is 0 Å². The highest BCUT2D eigenvalue weighted by Gasteiger charge is 2.12. The molecule has 0 atom stereocenters. The molecule has 14 heavy (non-hydrogen) atoms. The first-order valence-electron chi connectivity index (χ1n) is 4.06. The van der Waals surface area contributed by atoms with E-state index in [1.165, 1.54) is 0 Å². The smallest absolute Gasteiger partial charge is 0.152 e. The van der Waals surface area contributed by atoms with E-state index in [-0.39, 0.29) is 0 Å². The van der Waals surface area contributed by atoms with Gasteiger partial charge in [0.15, 0.2) is 6.29 Å². The number of rotatable bonds is 1. The monoisotopic (exact) mass is 227 g/mol. The van der Waals surface area contributed by atoms with Crippen LogP contribution in [0.25, 0.3) is 10.9 Å². The fraction of sp³-hybridized carbons (Fsp3) is 0.100. The molecule has 72 valence electrons. The van der Waals surface area contributed by atoms with Gasteiger partial charge in [-0.3, -0.25) is 4.79 Å². The van der Waals surface area contributed by atoms with Gasteiger partial charge in [-0.1, -0.05) is 23.2 Å². The van der Waals surface area contributed by atoms with Crippen molar-refractivity contribution in [2.24, 2.45) is 0 Å². The van der Waals surface area contributed by atoms with E-state index < -0.39 is 0 Å². The molecule has 0 aliphatic carbocycles.